The summed E-state index contributed by atoms with van der Waals surface area (Å²) in [6, 6.07) is 7.26. The number of alkyl carbamates (subject to hydrolysis) is 1. The molecule has 0 heterocycles. The van der Waals surface area contributed by atoms with Crippen molar-refractivity contribution < 1.29 is 19.1 Å². The Hall–Kier alpha value is -1.56. The van der Waals surface area contributed by atoms with Crippen LogP contribution < -0.4 is 5.32 Å². The van der Waals surface area contributed by atoms with E-state index in [1.54, 1.807) is 20.8 Å². The Labute approximate surface area is 139 Å². The van der Waals surface area contributed by atoms with Crippen molar-refractivity contribution >= 4 is 28.0 Å². The molecule has 1 atom stereocenters. The van der Waals surface area contributed by atoms with Crippen LogP contribution >= 0.6 is 15.9 Å². The number of nitrogens with one attached hydrogen (secondary N) is 1. The van der Waals surface area contributed by atoms with Crippen LogP contribution in [-0.4, -0.2) is 30.8 Å². The fraction of sp³-hybridized carbons (Fsp3) is 0.500. The molecule has 0 bridgehead atoms. The molecule has 0 saturated carbocycles. The normalized spacial score (nSPS) is 12.4. The molecule has 0 aliphatic carbocycles. The second-order valence-electron chi connectivity index (χ2n) is 5.92. The number of hydrogen-bond donors (Lipinski definition) is 1. The van der Waals surface area contributed by atoms with Gasteiger partial charge in [-0.1, -0.05) is 34.1 Å². The number of carbonyl (C=O) groups excluding carboxylic acids is 2. The van der Waals surface area contributed by atoms with Crippen molar-refractivity contribution in [3.63, 3.8) is 0 Å². The lowest BCUT2D eigenvalue weighted by Gasteiger charge is -2.23. The van der Waals surface area contributed by atoms with Crippen molar-refractivity contribution in [2.75, 3.05) is 7.11 Å². The molecule has 0 saturated heterocycles. The molecule has 5 nitrogen and oxygen atoms in total. The summed E-state index contributed by atoms with van der Waals surface area (Å²) in [7, 11) is 1.32. The maximum absolute atomic E-state index is 11.9. The van der Waals surface area contributed by atoms with Gasteiger partial charge in [-0.15, -0.1) is 0 Å². The van der Waals surface area contributed by atoms with Crippen LogP contribution in [0.25, 0.3) is 0 Å². The molecule has 0 aliphatic rings. The van der Waals surface area contributed by atoms with Gasteiger partial charge in [-0.2, -0.15) is 0 Å². The topological polar surface area (TPSA) is 64.6 Å². The van der Waals surface area contributed by atoms with Crippen LogP contribution in [0.2, 0.25) is 0 Å². The molecule has 0 unspecified atom stereocenters. The molecule has 1 aromatic rings. The molecule has 1 rings (SSSR count). The summed E-state index contributed by atoms with van der Waals surface area (Å²) in [4.78, 5) is 23.5. The van der Waals surface area contributed by atoms with Crippen molar-refractivity contribution in [3.8, 4) is 0 Å². The van der Waals surface area contributed by atoms with Gasteiger partial charge >= 0.3 is 12.1 Å². The fourth-order valence-corrected chi connectivity index (χ4v) is 2.31. The summed E-state index contributed by atoms with van der Waals surface area (Å²) in [6.45, 7) is 5.36. The molecule has 6 heteroatoms. The Balaban J connectivity index is 2.78. The van der Waals surface area contributed by atoms with Crippen molar-refractivity contribution in [3.05, 3.63) is 34.3 Å². The number of methoxy groups -OCH3 is 1. The highest BCUT2D eigenvalue weighted by Crippen LogP contribution is 2.19. The SMILES string of the molecule is COC(=O)C[C@H](Cc1ccccc1Br)NC(=O)OC(C)(C)C. The molecular formula is C16H22BrNO4. The van der Waals surface area contributed by atoms with Gasteiger partial charge in [-0.3, -0.25) is 4.79 Å². The van der Waals surface area contributed by atoms with E-state index < -0.39 is 17.7 Å². The lowest BCUT2D eigenvalue weighted by molar-refractivity contribution is -0.141. The maximum atomic E-state index is 11.9. The van der Waals surface area contributed by atoms with Crippen LogP contribution in [-0.2, 0) is 20.7 Å². The van der Waals surface area contributed by atoms with E-state index in [0.717, 1.165) is 10.0 Å². The van der Waals surface area contributed by atoms with Crippen molar-refractivity contribution in [1.29, 1.82) is 0 Å². The third kappa shape index (κ3) is 6.93. The number of hydrogen-bond acceptors (Lipinski definition) is 4. The van der Waals surface area contributed by atoms with Crippen molar-refractivity contribution in [1.82, 2.24) is 5.32 Å². The van der Waals surface area contributed by atoms with Crippen LogP contribution in [0.5, 0.6) is 0 Å². The zero-order valence-electron chi connectivity index (χ0n) is 13.3. The summed E-state index contributed by atoms with van der Waals surface area (Å²) < 4.78 is 10.9. The van der Waals surface area contributed by atoms with E-state index >= 15 is 0 Å². The van der Waals surface area contributed by atoms with Crippen LogP contribution in [0.4, 0.5) is 4.79 Å². The largest absolute Gasteiger partial charge is 0.469 e. The van der Waals surface area contributed by atoms with E-state index in [4.69, 9.17) is 4.74 Å². The first-order valence-electron chi connectivity index (χ1n) is 7.01. The van der Waals surface area contributed by atoms with E-state index in [2.05, 4.69) is 26.0 Å². The summed E-state index contributed by atoms with van der Waals surface area (Å²) in [5.41, 5.74) is 0.403. The van der Waals surface area contributed by atoms with Gasteiger partial charge < -0.3 is 14.8 Å². The van der Waals surface area contributed by atoms with Crippen LogP contribution in [0.3, 0.4) is 0 Å². The number of ether oxygens (including phenoxy) is 2. The zero-order chi connectivity index (χ0) is 16.8. The Morgan fingerprint density at radius 2 is 1.91 bits per heavy atom. The molecule has 22 heavy (non-hydrogen) atoms. The Morgan fingerprint density at radius 3 is 2.45 bits per heavy atom. The molecule has 0 aromatic heterocycles. The molecular weight excluding hydrogens is 350 g/mol. The first kappa shape index (κ1) is 18.5. The standard InChI is InChI=1S/C16H22BrNO4/c1-16(2,3)22-15(20)18-12(10-14(19)21-4)9-11-7-5-6-8-13(11)17/h5-8,12H,9-10H2,1-4H3,(H,18,20)/t12-/m0/s1. The third-order valence-corrected chi connectivity index (χ3v) is 3.56. The van der Waals surface area contributed by atoms with Crippen LogP contribution in [0, 0.1) is 0 Å². The molecule has 1 N–H and O–H groups in total. The Bertz CT molecular complexity index is 525. The molecule has 0 aliphatic heterocycles. The maximum Gasteiger partial charge on any atom is 0.407 e. The minimum absolute atomic E-state index is 0.0804. The minimum Gasteiger partial charge on any atom is -0.469 e. The van der Waals surface area contributed by atoms with Gasteiger partial charge in [0.2, 0.25) is 0 Å². The van der Waals surface area contributed by atoms with Gasteiger partial charge in [0, 0.05) is 10.5 Å². The van der Waals surface area contributed by atoms with Gasteiger partial charge in [-0.25, -0.2) is 4.79 Å². The quantitative estimate of drug-likeness (QED) is 0.805. The predicted octanol–water partition coefficient (Wildman–Crippen LogP) is 3.45. The molecule has 0 spiro atoms. The lowest BCUT2D eigenvalue weighted by Crippen LogP contribution is -2.41. The fourth-order valence-electron chi connectivity index (χ4n) is 1.86. The predicted molar refractivity (Wildman–Crippen MR) is 87.6 cm³/mol. The van der Waals surface area contributed by atoms with E-state index in [9.17, 15) is 9.59 Å². The summed E-state index contributed by atoms with van der Waals surface area (Å²) in [6.07, 6.45) is 0.0285. The molecule has 122 valence electrons. The van der Waals surface area contributed by atoms with E-state index in [0.29, 0.717) is 6.42 Å². The number of benzene rings is 1. The second-order valence-corrected chi connectivity index (χ2v) is 6.77. The van der Waals surface area contributed by atoms with Crippen molar-refractivity contribution in [2.24, 2.45) is 0 Å². The first-order chi connectivity index (χ1) is 10.2. The first-order valence-corrected chi connectivity index (χ1v) is 7.80. The average Bonchev–Trinajstić information content (AvgIpc) is 2.38. The highest BCUT2D eigenvalue weighted by atomic mass is 79.9. The number of halogens is 1. The average molecular weight is 372 g/mol. The Morgan fingerprint density at radius 1 is 1.27 bits per heavy atom. The smallest absolute Gasteiger partial charge is 0.407 e. The summed E-state index contributed by atoms with van der Waals surface area (Å²) in [5.74, 6) is -0.381. The second kappa shape index (κ2) is 8.17. The van der Waals surface area contributed by atoms with Crippen LogP contribution in [0.15, 0.2) is 28.7 Å². The number of esters is 1. The lowest BCUT2D eigenvalue weighted by atomic mass is 10.0. The highest BCUT2D eigenvalue weighted by Gasteiger charge is 2.22. The number of amides is 1. The van der Waals surface area contributed by atoms with Gasteiger partial charge in [0.25, 0.3) is 0 Å². The van der Waals surface area contributed by atoms with E-state index in [1.165, 1.54) is 7.11 Å². The van der Waals surface area contributed by atoms with E-state index in [-0.39, 0.29) is 12.4 Å². The molecule has 0 fully saturated rings. The van der Waals surface area contributed by atoms with Gasteiger partial charge in [-0.05, 0) is 38.8 Å². The van der Waals surface area contributed by atoms with Gasteiger partial charge in [0.1, 0.15) is 5.60 Å². The van der Waals surface area contributed by atoms with Crippen molar-refractivity contribution in [2.45, 2.75) is 45.3 Å². The zero-order valence-corrected chi connectivity index (χ0v) is 14.9. The molecule has 1 aromatic carbocycles. The number of rotatable bonds is 5. The third-order valence-electron chi connectivity index (χ3n) is 2.79. The number of carbonyl (C=O) groups is 2. The van der Waals surface area contributed by atoms with Crippen LogP contribution in [0.1, 0.15) is 32.8 Å². The molecule has 1 amide bonds. The summed E-state index contributed by atoms with van der Waals surface area (Å²) in [5, 5.41) is 2.73. The Kier molecular flexibility index (Phi) is 6.87. The van der Waals surface area contributed by atoms with Gasteiger partial charge in [0.15, 0.2) is 0 Å². The summed E-state index contributed by atoms with van der Waals surface area (Å²) >= 11 is 3.46. The van der Waals surface area contributed by atoms with Gasteiger partial charge in [0.05, 0.1) is 13.5 Å². The minimum atomic E-state index is -0.590. The molecule has 0 radical (unpaired) electrons. The van der Waals surface area contributed by atoms with E-state index in [1.807, 2.05) is 24.3 Å². The highest BCUT2D eigenvalue weighted by molar-refractivity contribution is 9.10. The monoisotopic (exact) mass is 371 g/mol.